The van der Waals surface area contributed by atoms with Crippen LogP contribution in [-0.4, -0.2) is 24.5 Å². The van der Waals surface area contributed by atoms with Gasteiger partial charge in [-0.25, -0.2) is 4.98 Å². The summed E-state index contributed by atoms with van der Waals surface area (Å²) in [5, 5.41) is 2.35. The molecule has 2 heterocycles. The van der Waals surface area contributed by atoms with Crippen LogP contribution in [0.4, 0.5) is 5.69 Å². The summed E-state index contributed by atoms with van der Waals surface area (Å²) in [5.74, 6) is 0.455. The minimum atomic E-state index is -0.189. The summed E-state index contributed by atoms with van der Waals surface area (Å²) in [6, 6.07) is 18.0. The molecule has 1 atom stereocenters. The Bertz CT molecular complexity index is 893. The molecule has 0 spiro atoms. The Morgan fingerprint density at radius 2 is 1.88 bits per heavy atom. The molecule has 3 aromatic rings. The van der Waals surface area contributed by atoms with Crippen LogP contribution < -0.4 is 9.64 Å². The number of hydrogen-bond acceptors (Lipinski definition) is 3. The molecule has 2 aromatic carbocycles. The molecular formula is C20H18N2O2. The van der Waals surface area contributed by atoms with Crippen molar-refractivity contribution in [1.82, 2.24) is 4.98 Å². The summed E-state index contributed by atoms with van der Waals surface area (Å²) >= 11 is 0. The van der Waals surface area contributed by atoms with Crippen LogP contribution in [0.1, 0.15) is 5.56 Å². The van der Waals surface area contributed by atoms with Crippen molar-refractivity contribution < 1.29 is 9.53 Å². The maximum Gasteiger partial charge on any atom is 0.233 e. The molecule has 0 saturated carbocycles. The van der Waals surface area contributed by atoms with Crippen molar-refractivity contribution in [2.75, 3.05) is 18.6 Å². The van der Waals surface area contributed by atoms with Crippen LogP contribution in [-0.2, 0) is 11.2 Å². The van der Waals surface area contributed by atoms with Crippen molar-refractivity contribution in [2.24, 2.45) is 5.92 Å². The van der Waals surface area contributed by atoms with Crippen LogP contribution in [0.3, 0.4) is 0 Å². The topological polar surface area (TPSA) is 42.4 Å². The number of carbonyl (C=O) groups is 1. The molecule has 120 valence electrons. The number of aromatic nitrogens is 1. The van der Waals surface area contributed by atoms with E-state index in [2.05, 4.69) is 29.2 Å². The van der Waals surface area contributed by atoms with E-state index in [4.69, 9.17) is 4.74 Å². The molecule has 4 rings (SSSR count). The highest BCUT2D eigenvalue weighted by molar-refractivity contribution is 6.00. The van der Waals surface area contributed by atoms with Gasteiger partial charge in [-0.1, -0.05) is 30.3 Å². The maximum absolute atomic E-state index is 12.7. The number of anilines is 1. The Morgan fingerprint density at radius 3 is 2.62 bits per heavy atom. The fourth-order valence-corrected chi connectivity index (χ4v) is 3.25. The number of fused-ring (bicyclic) bond motifs is 2. The maximum atomic E-state index is 12.7. The second kappa shape index (κ2) is 5.96. The number of carbonyl (C=O) groups excluding carboxylic acids is 1. The lowest BCUT2D eigenvalue weighted by Gasteiger charge is -2.31. The van der Waals surface area contributed by atoms with Gasteiger partial charge < -0.3 is 9.64 Å². The van der Waals surface area contributed by atoms with Gasteiger partial charge in [0.1, 0.15) is 6.61 Å². The largest absolute Gasteiger partial charge is 0.477 e. The third kappa shape index (κ3) is 2.60. The van der Waals surface area contributed by atoms with Gasteiger partial charge in [0, 0.05) is 25.0 Å². The van der Waals surface area contributed by atoms with Crippen molar-refractivity contribution in [3.8, 4) is 5.88 Å². The first-order chi connectivity index (χ1) is 11.7. The summed E-state index contributed by atoms with van der Waals surface area (Å²) in [4.78, 5) is 18.6. The fourth-order valence-electron chi connectivity index (χ4n) is 3.25. The van der Waals surface area contributed by atoms with E-state index < -0.39 is 0 Å². The monoisotopic (exact) mass is 318 g/mol. The third-order valence-electron chi connectivity index (χ3n) is 4.52. The highest BCUT2D eigenvalue weighted by Gasteiger charge is 2.31. The molecule has 0 aliphatic carbocycles. The molecule has 4 heteroatoms. The summed E-state index contributed by atoms with van der Waals surface area (Å²) in [5.41, 5.74) is 2.18. The smallest absolute Gasteiger partial charge is 0.233 e. The fraction of sp³-hybridized carbons (Fsp3) is 0.200. The van der Waals surface area contributed by atoms with Crippen molar-refractivity contribution in [2.45, 2.75) is 6.42 Å². The van der Waals surface area contributed by atoms with Crippen molar-refractivity contribution >= 4 is 22.4 Å². The van der Waals surface area contributed by atoms with E-state index in [9.17, 15) is 4.79 Å². The lowest BCUT2D eigenvalue weighted by molar-refractivity contribution is -0.123. The summed E-state index contributed by atoms with van der Waals surface area (Å²) < 4.78 is 5.71. The molecule has 0 N–H and O–H groups in total. The van der Waals surface area contributed by atoms with Crippen molar-refractivity contribution in [3.05, 3.63) is 66.4 Å². The van der Waals surface area contributed by atoms with Gasteiger partial charge in [-0.05, 0) is 41.0 Å². The van der Waals surface area contributed by atoms with Crippen LogP contribution in [0, 0.1) is 5.92 Å². The minimum absolute atomic E-state index is 0.0914. The van der Waals surface area contributed by atoms with E-state index in [1.54, 1.807) is 17.2 Å². The Hall–Kier alpha value is -2.88. The standard InChI is InChI=1S/C20H18N2O2/c1-22-18-12-15-7-3-2-6-14(15)10-16(18)11-17(20(22)23)13-24-19-8-4-5-9-21-19/h2-10,12,17H,11,13H2,1H3. The number of ether oxygens (including phenoxy) is 1. The summed E-state index contributed by atoms with van der Waals surface area (Å²) in [6.07, 6.45) is 2.38. The van der Waals surface area contributed by atoms with Gasteiger partial charge in [-0.15, -0.1) is 0 Å². The molecule has 1 aliphatic rings. The molecule has 1 unspecified atom stereocenters. The third-order valence-corrected chi connectivity index (χ3v) is 4.52. The second-order valence-corrected chi connectivity index (χ2v) is 6.11. The number of hydrogen-bond donors (Lipinski definition) is 0. The van der Waals surface area contributed by atoms with Gasteiger partial charge in [0.25, 0.3) is 0 Å². The zero-order valence-corrected chi connectivity index (χ0v) is 13.5. The SMILES string of the molecule is CN1C(=O)C(COc2ccccn2)Cc2cc3ccccc3cc21. The van der Waals surface area contributed by atoms with E-state index in [1.807, 2.05) is 31.3 Å². The molecule has 4 nitrogen and oxygen atoms in total. The first-order valence-corrected chi connectivity index (χ1v) is 8.05. The second-order valence-electron chi connectivity index (χ2n) is 6.11. The van der Waals surface area contributed by atoms with Gasteiger partial charge in [0.15, 0.2) is 0 Å². The van der Waals surface area contributed by atoms with Gasteiger partial charge >= 0.3 is 0 Å². The quantitative estimate of drug-likeness (QED) is 0.743. The zero-order valence-electron chi connectivity index (χ0n) is 13.5. The van der Waals surface area contributed by atoms with Crippen LogP contribution in [0.15, 0.2) is 60.8 Å². The zero-order chi connectivity index (χ0) is 16.5. The van der Waals surface area contributed by atoms with E-state index in [1.165, 1.54) is 10.9 Å². The molecule has 1 aliphatic heterocycles. The Labute approximate surface area is 140 Å². The highest BCUT2D eigenvalue weighted by atomic mass is 16.5. The van der Waals surface area contributed by atoms with Crippen molar-refractivity contribution in [3.63, 3.8) is 0 Å². The molecule has 0 bridgehead atoms. The molecular weight excluding hydrogens is 300 g/mol. The first kappa shape index (κ1) is 14.7. The average molecular weight is 318 g/mol. The molecule has 0 saturated heterocycles. The van der Waals surface area contributed by atoms with Gasteiger partial charge in [0.2, 0.25) is 11.8 Å². The minimum Gasteiger partial charge on any atom is -0.477 e. The van der Waals surface area contributed by atoms with Crippen LogP contribution in [0.25, 0.3) is 10.8 Å². The number of pyridine rings is 1. The summed E-state index contributed by atoms with van der Waals surface area (Å²) in [6.45, 7) is 0.340. The average Bonchev–Trinajstić information content (AvgIpc) is 2.63. The van der Waals surface area contributed by atoms with E-state index >= 15 is 0 Å². The summed E-state index contributed by atoms with van der Waals surface area (Å²) in [7, 11) is 1.84. The van der Waals surface area contributed by atoms with E-state index in [0.29, 0.717) is 18.9 Å². The molecule has 1 aromatic heterocycles. The van der Waals surface area contributed by atoms with E-state index in [0.717, 1.165) is 11.1 Å². The molecule has 0 fully saturated rings. The number of rotatable bonds is 3. The number of amides is 1. The normalized spacial score (nSPS) is 17.0. The van der Waals surface area contributed by atoms with E-state index in [-0.39, 0.29) is 11.8 Å². The predicted octanol–water partition coefficient (Wildman–Crippen LogP) is 3.45. The Kier molecular flexibility index (Phi) is 3.65. The lowest BCUT2D eigenvalue weighted by Crippen LogP contribution is -2.41. The molecule has 0 radical (unpaired) electrons. The predicted molar refractivity (Wildman–Crippen MR) is 94.3 cm³/mol. The van der Waals surface area contributed by atoms with Crippen molar-refractivity contribution in [1.29, 1.82) is 0 Å². The van der Waals surface area contributed by atoms with Gasteiger partial charge in [-0.2, -0.15) is 0 Å². The Morgan fingerprint density at radius 1 is 1.12 bits per heavy atom. The van der Waals surface area contributed by atoms with Gasteiger partial charge in [0.05, 0.1) is 5.92 Å². The number of benzene rings is 2. The van der Waals surface area contributed by atoms with Crippen LogP contribution >= 0.6 is 0 Å². The van der Waals surface area contributed by atoms with Crippen LogP contribution in [0.5, 0.6) is 5.88 Å². The highest BCUT2D eigenvalue weighted by Crippen LogP contribution is 2.33. The van der Waals surface area contributed by atoms with Crippen LogP contribution in [0.2, 0.25) is 0 Å². The molecule has 1 amide bonds. The molecule has 24 heavy (non-hydrogen) atoms. The van der Waals surface area contributed by atoms with Gasteiger partial charge in [-0.3, -0.25) is 4.79 Å². The number of nitrogens with zero attached hydrogens (tertiary/aromatic N) is 2. The Balaban J connectivity index is 1.61. The lowest BCUT2D eigenvalue weighted by atomic mass is 9.90. The first-order valence-electron chi connectivity index (χ1n) is 8.05.